The Labute approximate surface area is 156 Å². The van der Waals surface area contributed by atoms with Crippen molar-refractivity contribution in [3.63, 3.8) is 0 Å². The van der Waals surface area contributed by atoms with Crippen LogP contribution >= 0.6 is 0 Å². The fourth-order valence-electron chi connectivity index (χ4n) is 3.53. The Kier molecular flexibility index (Phi) is 6.07. The first kappa shape index (κ1) is 18.6. The van der Waals surface area contributed by atoms with E-state index in [1.54, 1.807) is 0 Å². The number of benzene rings is 2. The number of carbonyl (C=O) groups is 1. The Bertz CT molecular complexity index is 745. The van der Waals surface area contributed by atoms with E-state index < -0.39 is 6.10 Å². The second kappa shape index (κ2) is 8.47. The molecule has 138 valence electrons. The van der Waals surface area contributed by atoms with Gasteiger partial charge in [-0.1, -0.05) is 54.1 Å². The summed E-state index contributed by atoms with van der Waals surface area (Å²) < 4.78 is 0. The van der Waals surface area contributed by atoms with Gasteiger partial charge in [0.15, 0.2) is 0 Å². The zero-order chi connectivity index (χ0) is 18.5. The predicted octanol–water partition coefficient (Wildman–Crippen LogP) is 2.55. The minimum atomic E-state index is -0.510. The van der Waals surface area contributed by atoms with E-state index in [-0.39, 0.29) is 5.91 Å². The molecule has 1 fully saturated rings. The van der Waals surface area contributed by atoms with Crippen LogP contribution in [0.2, 0.25) is 0 Å². The first-order valence-electron chi connectivity index (χ1n) is 9.29. The van der Waals surface area contributed by atoms with Gasteiger partial charge in [-0.3, -0.25) is 9.69 Å². The minimum absolute atomic E-state index is 0.0966. The van der Waals surface area contributed by atoms with Gasteiger partial charge in [0.2, 0.25) is 5.91 Å². The summed E-state index contributed by atoms with van der Waals surface area (Å²) in [7, 11) is 0. The molecule has 1 heterocycles. The molecule has 3 rings (SSSR count). The fourth-order valence-corrected chi connectivity index (χ4v) is 3.53. The van der Waals surface area contributed by atoms with Crippen molar-refractivity contribution < 1.29 is 9.90 Å². The minimum Gasteiger partial charge on any atom is -0.390 e. The average Bonchev–Trinajstić information content (AvgIpc) is 2.80. The number of hydrogen-bond acceptors (Lipinski definition) is 3. The van der Waals surface area contributed by atoms with E-state index in [9.17, 15) is 9.90 Å². The van der Waals surface area contributed by atoms with Gasteiger partial charge in [-0.05, 0) is 30.5 Å². The molecule has 1 N–H and O–H groups in total. The molecule has 1 saturated heterocycles. The van der Waals surface area contributed by atoms with Crippen molar-refractivity contribution in [2.45, 2.75) is 32.9 Å². The lowest BCUT2D eigenvalue weighted by Gasteiger charge is -2.22. The van der Waals surface area contributed by atoms with Crippen LogP contribution in [0.3, 0.4) is 0 Å². The highest BCUT2D eigenvalue weighted by molar-refractivity contribution is 5.79. The molecule has 1 aliphatic rings. The molecule has 1 atom stereocenters. The van der Waals surface area contributed by atoms with Crippen molar-refractivity contribution in [3.8, 4) is 0 Å². The van der Waals surface area contributed by atoms with Crippen LogP contribution in [0.15, 0.2) is 48.5 Å². The molecule has 0 saturated carbocycles. The predicted molar refractivity (Wildman–Crippen MR) is 104 cm³/mol. The molecule has 0 aromatic heterocycles. The second-order valence-electron chi connectivity index (χ2n) is 7.32. The van der Waals surface area contributed by atoms with E-state index in [2.05, 4.69) is 35.2 Å². The van der Waals surface area contributed by atoms with Gasteiger partial charge >= 0.3 is 0 Å². The van der Waals surface area contributed by atoms with Crippen LogP contribution in [-0.2, 0) is 17.8 Å². The quantitative estimate of drug-likeness (QED) is 0.920. The number of aliphatic hydroxyl groups is 1. The summed E-state index contributed by atoms with van der Waals surface area (Å²) in [4.78, 5) is 16.8. The summed E-state index contributed by atoms with van der Waals surface area (Å²) in [6.07, 6.45) is -0.109. The standard InChI is InChI=1S/C22H28N2O2/c1-17-8-9-18(2)20(12-17)13-22(26)24-11-10-23(15-21(25)16-24)14-19-6-4-3-5-7-19/h3-9,12,21,25H,10-11,13-16H2,1-2H3/t21-/m1/s1. The summed E-state index contributed by atoms with van der Waals surface area (Å²) in [6.45, 7) is 7.34. The SMILES string of the molecule is Cc1ccc(C)c(CC(=O)N2CCN(Cc3ccccc3)C[C@@H](O)C2)c1. The van der Waals surface area contributed by atoms with Crippen LogP contribution in [0.1, 0.15) is 22.3 Å². The normalized spacial score (nSPS) is 18.6. The third-order valence-electron chi connectivity index (χ3n) is 5.03. The maximum atomic E-state index is 12.8. The van der Waals surface area contributed by atoms with Crippen LogP contribution in [0.4, 0.5) is 0 Å². The van der Waals surface area contributed by atoms with E-state index in [1.165, 1.54) is 11.1 Å². The molecule has 2 aromatic rings. The number of rotatable bonds is 4. The lowest BCUT2D eigenvalue weighted by atomic mass is 10.0. The van der Waals surface area contributed by atoms with Gasteiger partial charge < -0.3 is 10.0 Å². The van der Waals surface area contributed by atoms with Crippen molar-refractivity contribution in [2.24, 2.45) is 0 Å². The Morgan fingerprint density at radius 2 is 1.85 bits per heavy atom. The summed E-state index contributed by atoms with van der Waals surface area (Å²) >= 11 is 0. The van der Waals surface area contributed by atoms with Crippen LogP contribution in [0, 0.1) is 13.8 Å². The first-order valence-corrected chi connectivity index (χ1v) is 9.29. The summed E-state index contributed by atoms with van der Waals surface area (Å²) in [5.41, 5.74) is 4.62. The third-order valence-corrected chi connectivity index (χ3v) is 5.03. The van der Waals surface area contributed by atoms with Gasteiger partial charge in [-0.25, -0.2) is 0 Å². The Morgan fingerprint density at radius 3 is 2.62 bits per heavy atom. The molecule has 0 aliphatic carbocycles. The Morgan fingerprint density at radius 1 is 1.08 bits per heavy atom. The molecule has 4 heteroatoms. The van der Waals surface area contributed by atoms with Crippen molar-refractivity contribution in [2.75, 3.05) is 26.2 Å². The van der Waals surface area contributed by atoms with Crippen molar-refractivity contribution in [3.05, 3.63) is 70.8 Å². The lowest BCUT2D eigenvalue weighted by molar-refractivity contribution is -0.131. The zero-order valence-corrected chi connectivity index (χ0v) is 15.7. The maximum absolute atomic E-state index is 12.8. The van der Waals surface area contributed by atoms with Crippen LogP contribution in [0.25, 0.3) is 0 Å². The largest absolute Gasteiger partial charge is 0.390 e. The molecule has 1 aliphatic heterocycles. The Balaban J connectivity index is 1.62. The molecule has 4 nitrogen and oxygen atoms in total. The zero-order valence-electron chi connectivity index (χ0n) is 15.7. The number of aliphatic hydroxyl groups excluding tert-OH is 1. The molecular weight excluding hydrogens is 324 g/mol. The molecule has 0 bridgehead atoms. The third kappa shape index (κ3) is 4.93. The van der Waals surface area contributed by atoms with E-state index in [0.717, 1.165) is 24.2 Å². The van der Waals surface area contributed by atoms with Crippen LogP contribution < -0.4 is 0 Å². The van der Waals surface area contributed by atoms with Gasteiger partial charge in [0.1, 0.15) is 0 Å². The highest BCUT2D eigenvalue weighted by Gasteiger charge is 2.24. The van der Waals surface area contributed by atoms with Gasteiger partial charge in [0.25, 0.3) is 0 Å². The molecule has 0 spiro atoms. The first-order chi connectivity index (χ1) is 12.5. The molecule has 2 aromatic carbocycles. The number of aryl methyl sites for hydroxylation is 2. The summed E-state index contributed by atoms with van der Waals surface area (Å²) in [5, 5.41) is 10.4. The number of β-amino-alcohol motifs (C(OH)–C–C–N with tert-alkyl or cyclic N) is 1. The monoisotopic (exact) mass is 352 g/mol. The topological polar surface area (TPSA) is 43.8 Å². The fraction of sp³-hybridized carbons (Fsp3) is 0.409. The van der Waals surface area contributed by atoms with E-state index in [4.69, 9.17) is 0 Å². The highest BCUT2D eigenvalue weighted by atomic mass is 16.3. The molecule has 0 radical (unpaired) electrons. The van der Waals surface area contributed by atoms with Crippen LogP contribution in [0.5, 0.6) is 0 Å². The van der Waals surface area contributed by atoms with Gasteiger partial charge in [0.05, 0.1) is 12.5 Å². The highest BCUT2D eigenvalue weighted by Crippen LogP contribution is 2.15. The average molecular weight is 352 g/mol. The van der Waals surface area contributed by atoms with Crippen molar-refractivity contribution in [1.82, 2.24) is 9.80 Å². The van der Waals surface area contributed by atoms with Gasteiger partial charge in [0, 0.05) is 32.7 Å². The smallest absolute Gasteiger partial charge is 0.227 e. The maximum Gasteiger partial charge on any atom is 0.227 e. The molecule has 0 unspecified atom stereocenters. The van der Waals surface area contributed by atoms with E-state index in [0.29, 0.717) is 26.1 Å². The van der Waals surface area contributed by atoms with Crippen LogP contribution in [-0.4, -0.2) is 53.1 Å². The number of carbonyl (C=O) groups excluding carboxylic acids is 1. The molecular formula is C22H28N2O2. The number of hydrogen-bond donors (Lipinski definition) is 1. The van der Waals surface area contributed by atoms with E-state index in [1.807, 2.05) is 36.9 Å². The molecule has 1 amide bonds. The van der Waals surface area contributed by atoms with Crippen molar-refractivity contribution >= 4 is 5.91 Å². The van der Waals surface area contributed by atoms with Gasteiger partial charge in [-0.15, -0.1) is 0 Å². The van der Waals surface area contributed by atoms with Crippen molar-refractivity contribution in [1.29, 1.82) is 0 Å². The lowest BCUT2D eigenvalue weighted by Crippen LogP contribution is -2.38. The molecule has 26 heavy (non-hydrogen) atoms. The Hall–Kier alpha value is -2.17. The number of amides is 1. The number of nitrogens with zero attached hydrogens (tertiary/aromatic N) is 2. The second-order valence-corrected chi connectivity index (χ2v) is 7.32. The summed E-state index contributed by atoms with van der Waals surface area (Å²) in [6, 6.07) is 16.5. The van der Waals surface area contributed by atoms with E-state index >= 15 is 0 Å². The van der Waals surface area contributed by atoms with Gasteiger partial charge in [-0.2, -0.15) is 0 Å². The summed E-state index contributed by atoms with van der Waals surface area (Å²) in [5.74, 6) is 0.0966.